The number of aryl methyl sites for hydroxylation is 1. The summed E-state index contributed by atoms with van der Waals surface area (Å²) in [5.41, 5.74) is 8.12. The quantitative estimate of drug-likeness (QED) is 0.0439. The van der Waals surface area contributed by atoms with E-state index in [0.717, 1.165) is 34.6 Å². The maximum Gasteiger partial charge on any atom is 0.255 e. The summed E-state index contributed by atoms with van der Waals surface area (Å²) in [6.45, 7) is 21.6. The largest absolute Gasteiger partial charge is 0.361 e. The van der Waals surface area contributed by atoms with Crippen molar-refractivity contribution < 1.29 is 27.8 Å². The van der Waals surface area contributed by atoms with Gasteiger partial charge >= 0.3 is 0 Å². The van der Waals surface area contributed by atoms with Crippen LogP contribution in [0.2, 0.25) is 51.4 Å². The maximum absolute atomic E-state index is 13.7. The van der Waals surface area contributed by atoms with Gasteiger partial charge in [0.15, 0.2) is 11.3 Å². The minimum atomic E-state index is -1.24. The third-order valence-electron chi connectivity index (χ3n) is 12.8. The fraction of sp³-hybridized carbons (Fsp3) is 0.333. The molecule has 418 valence electrons. The van der Waals surface area contributed by atoms with Gasteiger partial charge in [-0.15, -0.1) is 0 Å². The molecule has 4 N–H and O–H groups in total. The molecule has 0 aliphatic carbocycles. The monoisotopic (exact) mass is 1180 g/mol. The lowest BCUT2D eigenvalue weighted by atomic mass is 10.1. The number of pyridine rings is 2. The summed E-state index contributed by atoms with van der Waals surface area (Å²) >= 11 is 3.36. The number of H-pyrrole nitrogens is 2. The minimum absolute atomic E-state index is 0.0705. The Kier molecular flexibility index (Phi) is 19.2. The summed E-state index contributed by atoms with van der Waals surface area (Å²) in [5, 5.41) is 21.7. The third-order valence-corrected chi connectivity index (χ3v) is 16.5. The SMILES string of the molecule is CC(Cc1ccccn1)NC(=O)c1cn(COCC[Si](C)(C)C)c2ncc(-c3n[nH]c4cc(F)ccc34)nc12.CC(Cc1ccccn1)NC(=O)c1cn(COCC[Si](C)(C)C)c2ncc(Br)nc12.Cc1[nH]nc2cc(F)ccc12. The average Bonchev–Trinajstić information content (AvgIpc) is 4.19. The first-order valence-electron chi connectivity index (χ1n) is 26.4. The van der Waals surface area contributed by atoms with Crippen LogP contribution in [-0.2, 0) is 35.8 Å². The smallest absolute Gasteiger partial charge is 0.255 e. The number of nitrogens with one attached hydrogen (secondary N) is 4. The summed E-state index contributed by atoms with van der Waals surface area (Å²) in [5.74, 6) is -1.05. The van der Waals surface area contributed by atoms with Crippen LogP contribution in [0.3, 0.4) is 0 Å². The fourth-order valence-corrected chi connectivity index (χ4v) is 10.3. The highest BCUT2D eigenvalue weighted by Crippen LogP contribution is 2.28. The van der Waals surface area contributed by atoms with Crippen LogP contribution >= 0.6 is 15.9 Å². The van der Waals surface area contributed by atoms with E-state index in [1.54, 1.807) is 49.3 Å². The lowest BCUT2D eigenvalue weighted by Crippen LogP contribution is -2.34. The second kappa shape index (κ2) is 26.2. The zero-order valence-corrected chi connectivity index (χ0v) is 50.0. The molecule has 23 heteroatoms. The lowest BCUT2D eigenvalue weighted by molar-refractivity contribution is 0.0885. The van der Waals surface area contributed by atoms with E-state index < -0.39 is 16.1 Å². The fourth-order valence-electron chi connectivity index (χ4n) is 8.48. The van der Waals surface area contributed by atoms with Crippen LogP contribution in [0.25, 0.3) is 55.5 Å². The Morgan fingerprint density at radius 2 is 1.19 bits per heavy atom. The zero-order valence-electron chi connectivity index (χ0n) is 46.4. The Labute approximate surface area is 473 Å². The van der Waals surface area contributed by atoms with Crippen LogP contribution in [0, 0.1) is 18.6 Å². The van der Waals surface area contributed by atoms with Gasteiger partial charge in [0, 0.05) is 113 Å². The molecular weight excluding hydrogens is 1120 g/mol. The Bertz CT molecular complexity index is 3710. The van der Waals surface area contributed by atoms with Crippen LogP contribution in [0.4, 0.5) is 8.78 Å². The summed E-state index contributed by atoms with van der Waals surface area (Å²) in [6, 6.07) is 22.4. The van der Waals surface area contributed by atoms with Gasteiger partial charge in [-0.3, -0.25) is 29.8 Å². The second-order valence-corrected chi connectivity index (χ2v) is 34.1. The van der Waals surface area contributed by atoms with Gasteiger partial charge in [-0.05, 0) is 103 Å². The molecule has 0 fully saturated rings. The summed E-state index contributed by atoms with van der Waals surface area (Å²) in [4.78, 5) is 53.5. The standard InChI is InChI=1S/C28H32FN7O2Si.C21H28BrN5O2Si.C8H7FN2/c1-18(13-20-7-5-6-10-30-20)32-28(37)22-16-36(17-38-11-12-39(2,3)4)27-26(22)33-24(15-31-27)25-21-9-8-19(29)14-23(21)34-35-25;1-15(11-16-7-5-6-8-23-16)25-21(28)17-13-27(14-29-9-10-30(2,3)4)20-19(17)26-18(22)12-24-20;1-5-7-3-2-6(9)4-8(7)11-10-5/h5-10,14-16,18H,11-13,17H2,1-4H3,(H,32,37)(H,34,35);5-8,12-13,15H,9-11,14H2,1-4H3,(H,25,28);2-4H,1H3,(H,10,11). The molecular formula is C57H67BrF2N14O4Si2. The van der Waals surface area contributed by atoms with Crippen molar-refractivity contribution >= 4 is 88.0 Å². The topological polar surface area (TPSA) is 221 Å². The molecule has 0 spiro atoms. The van der Waals surface area contributed by atoms with E-state index in [2.05, 4.69) is 111 Å². The van der Waals surface area contributed by atoms with E-state index in [-0.39, 0.29) is 42.3 Å². The first-order valence-corrected chi connectivity index (χ1v) is 34.6. The van der Waals surface area contributed by atoms with Gasteiger partial charge in [-0.2, -0.15) is 10.2 Å². The molecule has 2 amide bonds. The molecule has 8 aromatic heterocycles. The number of rotatable bonds is 19. The predicted molar refractivity (Wildman–Crippen MR) is 317 cm³/mol. The number of amides is 2. The van der Waals surface area contributed by atoms with E-state index in [4.69, 9.17) is 14.5 Å². The summed E-state index contributed by atoms with van der Waals surface area (Å²) in [6.07, 6.45) is 11.5. The van der Waals surface area contributed by atoms with Crippen molar-refractivity contribution in [3.8, 4) is 11.4 Å². The van der Waals surface area contributed by atoms with Crippen LogP contribution in [0.1, 0.15) is 51.6 Å². The Morgan fingerprint density at radius 3 is 1.73 bits per heavy atom. The van der Waals surface area contributed by atoms with Crippen LogP contribution in [0.15, 0.2) is 115 Å². The van der Waals surface area contributed by atoms with Crippen molar-refractivity contribution in [2.24, 2.45) is 0 Å². The molecule has 0 saturated carbocycles. The molecule has 2 atom stereocenters. The number of aromatic nitrogens is 12. The molecule has 0 saturated heterocycles. The molecule has 0 aliphatic heterocycles. The Balaban J connectivity index is 0.000000180. The highest BCUT2D eigenvalue weighted by Gasteiger charge is 2.24. The van der Waals surface area contributed by atoms with Crippen LogP contribution < -0.4 is 10.6 Å². The normalized spacial score (nSPS) is 12.5. The molecule has 0 aliphatic rings. The number of halogens is 3. The molecule has 2 aromatic carbocycles. The van der Waals surface area contributed by atoms with E-state index in [9.17, 15) is 18.4 Å². The number of carbonyl (C=O) groups is 2. The number of ether oxygens (including phenoxy) is 2. The highest BCUT2D eigenvalue weighted by molar-refractivity contribution is 9.10. The molecule has 18 nitrogen and oxygen atoms in total. The van der Waals surface area contributed by atoms with E-state index >= 15 is 0 Å². The maximum atomic E-state index is 13.7. The summed E-state index contributed by atoms with van der Waals surface area (Å²) < 4.78 is 42.4. The van der Waals surface area contributed by atoms with Gasteiger partial charge in [-0.1, -0.05) is 51.4 Å². The van der Waals surface area contributed by atoms with Crippen LogP contribution in [0.5, 0.6) is 0 Å². The van der Waals surface area contributed by atoms with E-state index in [1.807, 2.05) is 66.3 Å². The van der Waals surface area contributed by atoms with Gasteiger partial charge in [0.2, 0.25) is 0 Å². The van der Waals surface area contributed by atoms with Gasteiger partial charge < -0.3 is 29.2 Å². The van der Waals surface area contributed by atoms with Crippen molar-refractivity contribution in [2.45, 2.75) is 111 Å². The molecule has 8 heterocycles. The van der Waals surface area contributed by atoms with Gasteiger partial charge in [0.25, 0.3) is 11.8 Å². The van der Waals surface area contributed by atoms with Gasteiger partial charge in [-0.25, -0.2) is 28.7 Å². The molecule has 10 rings (SSSR count). The van der Waals surface area contributed by atoms with Gasteiger partial charge in [0.1, 0.15) is 52.1 Å². The molecule has 0 bridgehead atoms. The Hall–Kier alpha value is -7.45. The van der Waals surface area contributed by atoms with Gasteiger partial charge in [0.05, 0.1) is 34.6 Å². The highest BCUT2D eigenvalue weighted by atomic mass is 79.9. The number of hydrogen-bond acceptors (Lipinski definition) is 12. The molecule has 0 radical (unpaired) electrons. The predicted octanol–water partition coefficient (Wildman–Crippen LogP) is 11.5. The lowest BCUT2D eigenvalue weighted by Gasteiger charge is -2.15. The molecule has 10 aromatic rings. The number of hydrogen-bond donors (Lipinski definition) is 4. The number of fused-ring (bicyclic) bond motifs is 4. The number of carbonyl (C=O) groups excluding carboxylic acids is 2. The minimum Gasteiger partial charge on any atom is -0.361 e. The second-order valence-electron chi connectivity index (χ2n) is 22.1. The molecule has 80 heavy (non-hydrogen) atoms. The van der Waals surface area contributed by atoms with Crippen molar-refractivity contribution in [3.05, 3.63) is 154 Å². The number of aromatic amines is 2. The van der Waals surface area contributed by atoms with E-state index in [1.165, 1.54) is 24.3 Å². The first-order chi connectivity index (χ1) is 38.2. The summed E-state index contributed by atoms with van der Waals surface area (Å²) in [7, 11) is -2.40. The zero-order chi connectivity index (χ0) is 57.1. The van der Waals surface area contributed by atoms with Crippen LogP contribution in [-0.4, -0.2) is 113 Å². The van der Waals surface area contributed by atoms with Crippen molar-refractivity contribution in [1.82, 2.24) is 70.1 Å². The molecule has 2 unspecified atom stereocenters. The third kappa shape index (κ3) is 15.9. The Morgan fingerprint density at radius 1 is 0.662 bits per heavy atom. The number of nitrogens with zero attached hydrogens (tertiary/aromatic N) is 10. The first kappa shape index (κ1) is 58.7. The van der Waals surface area contributed by atoms with Crippen molar-refractivity contribution in [3.63, 3.8) is 0 Å². The average molecular weight is 1190 g/mol. The van der Waals surface area contributed by atoms with E-state index in [0.29, 0.717) is 98.7 Å². The van der Waals surface area contributed by atoms with Crippen molar-refractivity contribution in [1.29, 1.82) is 0 Å². The number of benzene rings is 2. The van der Waals surface area contributed by atoms with Crippen molar-refractivity contribution in [2.75, 3.05) is 13.2 Å².